The first-order valence-corrected chi connectivity index (χ1v) is 8.34. The van der Waals surface area contributed by atoms with E-state index in [4.69, 9.17) is 33.4 Å². The van der Waals surface area contributed by atoms with Crippen LogP contribution in [0.15, 0.2) is 46.9 Å². The van der Waals surface area contributed by atoms with E-state index in [9.17, 15) is 4.79 Å². The van der Waals surface area contributed by atoms with Crippen LogP contribution in [0.5, 0.6) is 0 Å². The summed E-state index contributed by atoms with van der Waals surface area (Å²) in [7, 11) is 0. The number of amides is 1. The zero-order valence-electron chi connectivity index (χ0n) is 13.7. The van der Waals surface area contributed by atoms with E-state index in [0.717, 1.165) is 16.7 Å². The van der Waals surface area contributed by atoms with E-state index >= 15 is 0 Å². The van der Waals surface area contributed by atoms with E-state index in [1.54, 1.807) is 30.3 Å². The fraction of sp³-hybridized carbons (Fsp3) is 0.105. The highest BCUT2D eigenvalue weighted by Crippen LogP contribution is 2.29. The molecule has 3 rings (SSSR count). The number of nitrogens with two attached hydrogens (primary N) is 1. The van der Waals surface area contributed by atoms with Gasteiger partial charge in [0.1, 0.15) is 5.76 Å². The molecular formula is C19H16Cl2N2O2. The lowest BCUT2D eigenvalue weighted by Gasteiger charge is -2.09. The fourth-order valence-corrected chi connectivity index (χ4v) is 2.70. The maximum atomic E-state index is 12.4. The number of nitrogen functional groups attached to an aromatic ring is 1. The van der Waals surface area contributed by atoms with Gasteiger partial charge in [0.15, 0.2) is 5.76 Å². The van der Waals surface area contributed by atoms with Crippen molar-refractivity contribution in [2.45, 2.75) is 13.8 Å². The Morgan fingerprint density at radius 3 is 2.44 bits per heavy atom. The highest BCUT2D eigenvalue weighted by molar-refractivity contribution is 6.32. The molecule has 1 aromatic heterocycles. The van der Waals surface area contributed by atoms with Crippen LogP contribution in [0.2, 0.25) is 10.0 Å². The summed E-state index contributed by atoms with van der Waals surface area (Å²) in [4.78, 5) is 12.4. The molecule has 25 heavy (non-hydrogen) atoms. The Hall–Kier alpha value is -2.43. The lowest BCUT2D eigenvalue weighted by atomic mass is 10.1. The van der Waals surface area contributed by atoms with Crippen LogP contribution in [0.4, 0.5) is 11.4 Å². The Labute approximate surface area is 155 Å². The molecule has 0 atom stereocenters. The van der Waals surface area contributed by atoms with E-state index in [1.807, 2.05) is 26.0 Å². The smallest absolute Gasteiger partial charge is 0.291 e. The van der Waals surface area contributed by atoms with E-state index in [-0.39, 0.29) is 5.76 Å². The molecule has 0 unspecified atom stereocenters. The molecule has 4 nitrogen and oxygen atoms in total. The van der Waals surface area contributed by atoms with Crippen LogP contribution >= 0.6 is 23.2 Å². The number of rotatable bonds is 3. The molecule has 0 radical (unpaired) electrons. The Balaban J connectivity index is 1.83. The SMILES string of the molecule is Cc1ccc(-c2ccc(C(=O)Nc3cc(Cl)c(C)cc3N)o2)cc1Cl. The molecule has 128 valence electrons. The quantitative estimate of drug-likeness (QED) is 0.577. The number of carbonyl (C=O) groups excluding carboxylic acids is 1. The number of hydrogen-bond acceptors (Lipinski definition) is 3. The summed E-state index contributed by atoms with van der Waals surface area (Å²) in [6.45, 7) is 3.76. The summed E-state index contributed by atoms with van der Waals surface area (Å²) in [5, 5.41) is 3.88. The minimum atomic E-state index is -0.406. The van der Waals surface area contributed by atoms with E-state index in [1.165, 1.54) is 0 Å². The second kappa shape index (κ2) is 6.82. The summed E-state index contributed by atoms with van der Waals surface area (Å²) in [5.41, 5.74) is 9.42. The minimum absolute atomic E-state index is 0.169. The highest BCUT2D eigenvalue weighted by atomic mass is 35.5. The van der Waals surface area contributed by atoms with Crippen LogP contribution in [0.25, 0.3) is 11.3 Å². The third kappa shape index (κ3) is 3.65. The number of hydrogen-bond donors (Lipinski definition) is 2. The average molecular weight is 375 g/mol. The molecule has 0 aliphatic carbocycles. The molecule has 0 bridgehead atoms. The molecule has 3 aromatic rings. The topological polar surface area (TPSA) is 68.3 Å². The fourth-order valence-electron chi connectivity index (χ4n) is 2.36. The first-order valence-electron chi connectivity index (χ1n) is 7.58. The number of nitrogens with one attached hydrogen (secondary N) is 1. The number of halogens is 2. The molecule has 0 saturated carbocycles. The molecule has 1 amide bonds. The Bertz CT molecular complexity index is 964. The largest absolute Gasteiger partial charge is 0.451 e. The molecule has 1 heterocycles. The van der Waals surface area contributed by atoms with E-state index < -0.39 is 5.91 Å². The van der Waals surface area contributed by atoms with Gasteiger partial charge in [-0.3, -0.25) is 4.79 Å². The van der Waals surface area contributed by atoms with Gasteiger partial charge in [-0.1, -0.05) is 35.3 Å². The maximum absolute atomic E-state index is 12.4. The predicted octanol–water partition coefficient (Wildman–Crippen LogP) is 5.70. The van der Waals surface area contributed by atoms with Gasteiger partial charge in [0, 0.05) is 15.6 Å². The van der Waals surface area contributed by atoms with Crippen molar-refractivity contribution < 1.29 is 9.21 Å². The van der Waals surface area contributed by atoms with Gasteiger partial charge < -0.3 is 15.5 Å². The third-order valence-corrected chi connectivity index (χ3v) is 4.68. The number of carbonyl (C=O) groups is 1. The van der Waals surface area contributed by atoms with Crippen molar-refractivity contribution in [3.8, 4) is 11.3 Å². The third-order valence-electron chi connectivity index (χ3n) is 3.87. The maximum Gasteiger partial charge on any atom is 0.291 e. The first kappa shape index (κ1) is 17.4. The van der Waals surface area contributed by atoms with Crippen LogP contribution in [-0.2, 0) is 0 Å². The van der Waals surface area contributed by atoms with Crippen molar-refractivity contribution in [2.24, 2.45) is 0 Å². The van der Waals surface area contributed by atoms with Gasteiger partial charge in [-0.05, 0) is 55.3 Å². The molecular weight excluding hydrogens is 359 g/mol. The molecule has 0 aliphatic heterocycles. The summed E-state index contributed by atoms with van der Waals surface area (Å²) in [6, 6.07) is 12.2. The van der Waals surface area contributed by atoms with E-state index in [2.05, 4.69) is 5.32 Å². The standard InChI is InChI=1S/C19H16Cl2N2O2/c1-10-3-4-12(8-13(10)20)17-5-6-18(25-17)19(24)23-16-9-14(21)11(2)7-15(16)22/h3-9H,22H2,1-2H3,(H,23,24). The van der Waals surface area contributed by atoms with Gasteiger partial charge in [0.2, 0.25) is 0 Å². The van der Waals surface area contributed by atoms with Crippen molar-refractivity contribution in [1.82, 2.24) is 0 Å². The minimum Gasteiger partial charge on any atom is -0.451 e. The van der Waals surface area contributed by atoms with Gasteiger partial charge in [-0.15, -0.1) is 0 Å². The van der Waals surface area contributed by atoms with Crippen molar-refractivity contribution in [3.05, 3.63) is 69.4 Å². The van der Waals surface area contributed by atoms with Gasteiger partial charge >= 0.3 is 0 Å². The number of anilines is 2. The van der Waals surface area contributed by atoms with Crippen LogP contribution in [-0.4, -0.2) is 5.91 Å². The Kier molecular flexibility index (Phi) is 4.75. The van der Waals surface area contributed by atoms with Crippen LogP contribution < -0.4 is 11.1 Å². The number of aryl methyl sites for hydroxylation is 2. The summed E-state index contributed by atoms with van der Waals surface area (Å²) >= 11 is 12.2. The number of benzene rings is 2. The van der Waals surface area contributed by atoms with Gasteiger partial charge in [0.05, 0.1) is 11.4 Å². The molecule has 0 fully saturated rings. The highest BCUT2D eigenvalue weighted by Gasteiger charge is 2.15. The van der Waals surface area contributed by atoms with Gasteiger partial charge in [-0.25, -0.2) is 0 Å². The summed E-state index contributed by atoms with van der Waals surface area (Å²) in [6.07, 6.45) is 0. The molecule has 0 saturated heterocycles. The zero-order chi connectivity index (χ0) is 18.1. The average Bonchev–Trinajstić information content (AvgIpc) is 3.05. The predicted molar refractivity (Wildman–Crippen MR) is 102 cm³/mol. The lowest BCUT2D eigenvalue weighted by molar-refractivity contribution is 0.0997. The van der Waals surface area contributed by atoms with Crippen molar-refractivity contribution in [2.75, 3.05) is 11.1 Å². The van der Waals surface area contributed by atoms with Crippen LogP contribution in [0, 0.1) is 13.8 Å². The van der Waals surface area contributed by atoms with E-state index in [0.29, 0.717) is 27.2 Å². The van der Waals surface area contributed by atoms with Crippen molar-refractivity contribution >= 4 is 40.5 Å². The second-order valence-corrected chi connectivity index (χ2v) is 6.59. The molecule has 2 aromatic carbocycles. The molecule has 3 N–H and O–H groups in total. The monoisotopic (exact) mass is 374 g/mol. The molecule has 0 aliphatic rings. The van der Waals surface area contributed by atoms with Gasteiger partial charge in [-0.2, -0.15) is 0 Å². The molecule has 0 spiro atoms. The molecule has 6 heteroatoms. The number of furan rings is 1. The Morgan fingerprint density at radius 2 is 1.72 bits per heavy atom. The van der Waals surface area contributed by atoms with Crippen molar-refractivity contribution in [3.63, 3.8) is 0 Å². The Morgan fingerprint density at radius 1 is 1.00 bits per heavy atom. The van der Waals surface area contributed by atoms with Crippen molar-refractivity contribution in [1.29, 1.82) is 0 Å². The lowest BCUT2D eigenvalue weighted by Crippen LogP contribution is -2.12. The van der Waals surface area contributed by atoms with Gasteiger partial charge in [0.25, 0.3) is 5.91 Å². The van der Waals surface area contributed by atoms with Crippen LogP contribution in [0.1, 0.15) is 21.7 Å². The first-order chi connectivity index (χ1) is 11.8. The zero-order valence-corrected chi connectivity index (χ0v) is 15.2. The van der Waals surface area contributed by atoms with Crippen LogP contribution in [0.3, 0.4) is 0 Å². The normalized spacial score (nSPS) is 10.7. The second-order valence-electron chi connectivity index (χ2n) is 5.77. The summed E-state index contributed by atoms with van der Waals surface area (Å²) < 4.78 is 5.65. The summed E-state index contributed by atoms with van der Waals surface area (Å²) in [5.74, 6) is 0.320.